The summed E-state index contributed by atoms with van der Waals surface area (Å²) in [6.07, 6.45) is 1.12. The minimum atomic E-state index is 0.593. The molecule has 0 amide bonds. The molecule has 0 saturated heterocycles. The molecule has 0 fully saturated rings. The van der Waals surface area contributed by atoms with Gasteiger partial charge < -0.3 is 5.32 Å². The van der Waals surface area contributed by atoms with Gasteiger partial charge in [0.2, 0.25) is 0 Å². The van der Waals surface area contributed by atoms with Crippen molar-refractivity contribution in [3.63, 3.8) is 0 Å². The number of nitriles is 1. The molecule has 0 aromatic heterocycles. The lowest BCUT2D eigenvalue weighted by Crippen LogP contribution is -2.11. The van der Waals surface area contributed by atoms with Crippen LogP contribution >= 0.6 is 11.6 Å². The van der Waals surface area contributed by atoms with Gasteiger partial charge in [-0.05, 0) is 24.1 Å². The Hall–Kier alpha value is -1.20. The van der Waals surface area contributed by atoms with Crippen molar-refractivity contribution < 1.29 is 0 Å². The highest BCUT2D eigenvalue weighted by Crippen LogP contribution is 2.20. The predicted octanol–water partition coefficient (Wildman–Crippen LogP) is 3.67. The maximum atomic E-state index is 8.90. The molecule has 80 valence electrons. The molecule has 2 nitrogen and oxygen atoms in total. The number of benzene rings is 1. The van der Waals surface area contributed by atoms with E-state index in [0.717, 1.165) is 18.7 Å². The third kappa shape index (κ3) is 3.45. The molecule has 0 aliphatic heterocycles. The fourth-order valence-corrected chi connectivity index (χ4v) is 1.36. The second-order valence-corrected chi connectivity index (χ2v) is 4.13. The average Bonchev–Trinajstić information content (AvgIpc) is 2.26. The third-order valence-electron chi connectivity index (χ3n) is 2.44. The van der Waals surface area contributed by atoms with Crippen molar-refractivity contribution in [3.05, 3.63) is 28.8 Å². The first-order valence-electron chi connectivity index (χ1n) is 5.11. The summed E-state index contributed by atoms with van der Waals surface area (Å²) < 4.78 is 0. The zero-order chi connectivity index (χ0) is 11.3. The van der Waals surface area contributed by atoms with Crippen LogP contribution in [-0.2, 0) is 0 Å². The molecule has 0 radical (unpaired) electrons. The van der Waals surface area contributed by atoms with Crippen molar-refractivity contribution in [2.45, 2.75) is 20.3 Å². The molecule has 0 bridgehead atoms. The molecule has 3 heteroatoms. The van der Waals surface area contributed by atoms with Crippen molar-refractivity contribution in [1.82, 2.24) is 0 Å². The fourth-order valence-electron chi connectivity index (χ4n) is 1.19. The van der Waals surface area contributed by atoms with E-state index in [1.165, 1.54) is 0 Å². The van der Waals surface area contributed by atoms with Gasteiger partial charge in [-0.15, -0.1) is 0 Å². The maximum absolute atomic E-state index is 8.90. The van der Waals surface area contributed by atoms with Crippen LogP contribution in [0.5, 0.6) is 0 Å². The number of rotatable bonds is 4. The van der Waals surface area contributed by atoms with E-state index in [1.807, 2.05) is 0 Å². The van der Waals surface area contributed by atoms with Crippen LogP contribution in [-0.4, -0.2) is 6.54 Å². The van der Waals surface area contributed by atoms with Gasteiger partial charge in [-0.3, -0.25) is 0 Å². The molecule has 1 rings (SSSR count). The van der Waals surface area contributed by atoms with Gasteiger partial charge in [0.05, 0.1) is 11.3 Å². The van der Waals surface area contributed by atoms with Crippen LogP contribution < -0.4 is 5.32 Å². The summed E-state index contributed by atoms with van der Waals surface area (Å²) in [6, 6.07) is 7.41. The first-order chi connectivity index (χ1) is 7.17. The van der Waals surface area contributed by atoms with Crippen LogP contribution in [0.1, 0.15) is 25.8 Å². The Morgan fingerprint density at radius 2 is 2.27 bits per heavy atom. The molecule has 1 aromatic rings. The van der Waals surface area contributed by atoms with E-state index < -0.39 is 0 Å². The predicted molar refractivity (Wildman–Crippen MR) is 64.1 cm³/mol. The Morgan fingerprint density at radius 1 is 1.53 bits per heavy atom. The monoisotopic (exact) mass is 222 g/mol. The van der Waals surface area contributed by atoms with E-state index in [4.69, 9.17) is 16.9 Å². The zero-order valence-electron chi connectivity index (χ0n) is 9.05. The molecule has 1 unspecified atom stereocenters. The lowest BCUT2D eigenvalue weighted by atomic mass is 10.1. The molecule has 15 heavy (non-hydrogen) atoms. The first-order valence-corrected chi connectivity index (χ1v) is 5.48. The zero-order valence-corrected chi connectivity index (χ0v) is 9.80. The average molecular weight is 223 g/mol. The fraction of sp³-hybridized carbons (Fsp3) is 0.417. The molecule has 0 heterocycles. The third-order valence-corrected chi connectivity index (χ3v) is 2.68. The minimum Gasteiger partial charge on any atom is -0.384 e. The highest BCUT2D eigenvalue weighted by atomic mass is 35.5. The van der Waals surface area contributed by atoms with Gasteiger partial charge in [0.1, 0.15) is 6.07 Å². The Kier molecular flexibility index (Phi) is 4.45. The summed E-state index contributed by atoms with van der Waals surface area (Å²) in [7, 11) is 0. The summed E-state index contributed by atoms with van der Waals surface area (Å²) in [5.41, 5.74) is 1.47. The summed E-state index contributed by atoms with van der Waals surface area (Å²) >= 11 is 5.87. The van der Waals surface area contributed by atoms with Gasteiger partial charge >= 0.3 is 0 Å². The highest BCUT2D eigenvalue weighted by Gasteiger charge is 2.04. The van der Waals surface area contributed by atoms with Crippen LogP contribution in [0.3, 0.4) is 0 Å². The van der Waals surface area contributed by atoms with Crippen LogP contribution in [0.15, 0.2) is 18.2 Å². The van der Waals surface area contributed by atoms with Crippen LogP contribution in [0.25, 0.3) is 0 Å². The quantitative estimate of drug-likeness (QED) is 0.844. The molecule has 0 saturated carbocycles. The number of nitrogens with one attached hydrogen (secondary N) is 1. The number of nitrogens with zero attached hydrogens (tertiary/aromatic N) is 1. The molecule has 1 N–H and O–H groups in total. The highest BCUT2D eigenvalue weighted by molar-refractivity contribution is 6.30. The molecular formula is C12H15ClN2. The normalized spacial score (nSPS) is 11.9. The molecule has 1 atom stereocenters. The Labute approximate surface area is 95.9 Å². The van der Waals surface area contributed by atoms with E-state index in [9.17, 15) is 0 Å². The second-order valence-electron chi connectivity index (χ2n) is 3.70. The summed E-state index contributed by atoms with van der Waals surface area (Å²) in [5.74, 6) is 0.593. The SMILES string of the molecule is CCC(C)CNc1cc(Cl)ccc1C#N. The molecule has 0 aliphatic rings. The lowest BCUT2D eigenvalue weighted by Gasteiger charge is -2.12. The molecule has 0 aliphatic carbocycles. The number of hydrogen-bond donors (Lipinski definition) is 1. The summed E-state index contributed by atoms with van der Waals surface area (Å²) in [5, 5.41) is 12.8. The van der Waals surface area contributed by atoms with E-state index in [1.54, 1.807) is 18.2 Å². The number of anilines is 1. The van der Waals surface area contributed by atoms with Gasteiger partial charge in [-0.25, -0.2) is 0 Å². The number of halogens is 1. The van der Waals surface area contributed by atoms with Crippen molar-refractivity contribution in [1.29, 1.82) is 5.26 Å². The Balaban J connectivity index is 2.75. The smallest absolute Gasteiger partial charge is 0.101 e. The lowest BCUT2D eigenvalue weighted by molar-refractivity contribution is 0.593. The Morgan fingerprint density at radius 3 is 2.87 bits per heavy atom. The van der Waals surface area contributed by atoms with Gasteiger partial charge in [-0.2, -0.15) is 5.26 Å². The van der Waals surface area contributed by atoms with E-state index >= 15 is 0 Å². The van der Waals surface area contributed by atoms with E-state index in [0.29, 0.717) is 16.5 Å². The first kappa shape index (κ1) is 11.9. The van der Waals surface area contributed by atoms with Crippen molar-refractivity contribution >= 4 is 17.3 Å². The standard InChI is InChI=1S/C12H15ClN2/c1-3-9(2)8-15-12-6-11(13)5-4-10(12)7-14/h4-6,9,15H,3,8H2,1-2H3. The van der Waals surface area contributed by atoms with E-state index in [2.05, 4.69) is 25.2 Å². The molecule has 0 spiro atoms. The topological polar surface area (TPSA) is 35.8 Å². The van der Waals surface area contributed by atoms with Crippen molar-refractivity contribution in [3.8, 4) is 6.07 Å². The van der Waals surface area contributed by atoms with E-state index in [-0.39, 0.29) is 0 Å². The molecule has 1 aromatic carbocycles. The Bertz CT molecular complexity index is 368. The molecular weight excluding hydrogens is 208 g/mol. The minimum absolute atomic E-state index is 0.593. The van der Waals surface area contributed by atoms with Crippen molar-refractivity contribution in [2.24, 2.45) is 5.92 Å². The van der Waals surface area contributed by atoms with Gasteiger partial charge in [-0.1, -0.05) is 31.9 Å². The van der Waals surface area contributed by atoms with Gasteiger partial charge in [0, 0.05) is 11.6 Å². The van der Waals surface area contributed by atoms with Crippen LogP contribution in [0.2, 0.25) is 5.02 Å². The van der Waals surface area contributed by atoms with Gasteiger partial charge in [0.15, 0.2) is 0 Å². The maximum Gasteiger partial charge on any atom is 0.101 e. The van der Waals surface area contributed by atoms with Crippen LogP contribution in [0, 0.1) is 17.2 Å². The van der Waals surface area contributed by atoms with Crippen LogP contribution in [0.4, 0.5) is 5.69 Å². The second kappa shape index (κ2) is 5.63. The summed E-state index contributed by atoms with van der Waals surface area (Å²) in [4.78, 5) is 0. The number of hydrogen-bond acceptors (Lipinski definition) is 2. The van der Waals surface area contributed by atoms with Crippen molar-refractivity contribution in [2.75, 3.05) is 11.9 Å². The largest absolute Gasteiger partial charge is 0.384 e. The summed E-state index contributed by atoms with van der Waals surface area (Å²) in [6.45, 7) is 5.19. The van der Waals surface area contributed by atoms with Gasteiger partial charge in [0.25, 0.3) is 0 Å².